The molecule has 0 rings (SSSR count). The van der Waals surface area contributed by atoms with E-state index in [9.17, 15) is 0 Å². The molecule has 0 aliphatic heterocycles. The predicted molar refractivity (Wildman–Crippen MR) is 61.0 cm³/mol. The Kier molecular flexibility index (Phi) is 9.80. The van der Waals surface area contributed by atoms with Crippen molar-refractivity contribution in [3.8, 4) is 6.07 Å². The first kappa shape index (κ1) is 12.8. The van der Waals surface area contributed by atoms with Crippen LogP contribution >= 0.6 is 12.6 Å². The summed E-state index contributed by atoms with van der Waals surface area (Å²) in [6.07, 6.45) is 9.25. The zero-order valence-corrected chi connectivity index (χ0v) is 9.52. The van der Waals surface area contributed by atoms with E-state index in [0.29, 0.717) is 11.7 Å². The molecule has 0 aliphatic rings. The van der Waals surface area contributed by atoms with E-state index in [1.165, 1.54) is 32.1 Å². The molecular formula is C11H21NS. The summed E-state index contributed by atoms with van der Waals surface area (Å²) in [5, 5.41) is 8.90. The number of rotatable bonds is 8. The van der Waals surface area contributed by atoms with Gasteiger partial charge in [-0.1, -0.05) is 32.6 Å². The van der Waals surface area contributed by atoms with Gasteiger partial charge >= 0.3 is 0 Å². The summed E-state index contributed by atoms with van der Waals surface area (Å²) < 4.78 is 0. The van der Waals surface area contributed by atoms with Crippen LogP contribution in [0.1, 0.15) is 58.3 Å². The highest BCUT2D eigenvalue weighted by Crippen LogP contribution is 2.15. The Labute approximate surface area is 87.9 Å². The lowest BCUT2D eigenvalue weighted by atomic mass is 10.1. The van der Waals surface area contributed by atoms with Gasteiger partial charge in [-0.05, 0) is 19.3 Å². The Hall–Kier alpha value is -0.160. The van der Waals surface area contributed by atoms with Crippen LogP contribution in [0.3, 0.4) is 0 Å². The largest absolute Gasteiger partial charge is 0.198 e. The van der Waals surface area contributed by atoms with Gasteiger partial charge < -0.3 is 0 Å². The third kappa shape index (κ3) is 9.76. The van der Waals surface area contributed by atoms with E-state index in [0.717, 1.165) is 12.8 Å². The van der Waals surface area contributed by atoms with Gasteiger partial charge in [0.25, 0.3) is 0 Å². The second-order valence-electron chi connectivity index (χ2n) is 3.55. The Morgan fingerprint density at radius 2 is 1.77 bits per heavy atom. The summed E-state index contributed by atoms with van der Waals surface area (Å²) in [6, 6.07) is 2.17. The number of hydrogen-bond acceptors (Lipinski definition) is 2. The lowest BCUT2D eigenvalue weighted by Gasteiger charge is -2.08. The Bertz CT molecular complexity index is 140. The van der Waals surface area contributed by atoms with Crippen molar-refractivity contribution in [1.82, 2.24) is 0 Å². The molecule has 0 aromatic rings. The van der Waals surface area contributed by atoms with Crippen molar-refractivity contribution in [2.24, 2.45) is 0 Å². The van der Waals surface area contributed by atoms with E-state index in [1.807, 2.05) is 0 Å². The van der Waals surface area contributed by atoms with E-state index in [4.69, 9.17) is 5.26 Å². The normalized spacial score (nSPS) is 12.4. The van der Waals surface area contributed by atoms with E-state index < -0.39 is 0 Å². The van der Waals surface area contributed by atoms with Crippen LogP contribution in [0.15, 0.2) is 0 Å². The highest BCUT2D eigenvalue weighted by atomic mass is 32.1. The maximum Gasteiger partial charge on any atom is 0.0621 e. The fraction of sp³-hybridized carbons (Fsp3) is 0.909. The summed E-state index contributed by atoms with van der Waals surface area (Å²) in [5.74, 6) is 0. The third-order valence-electron chi connectivity index (χ3n) is 2.22. The minimum atomic E-state index is 0.560. The van der Waals surface area contributed by atoms with E-state index in [2.05, 4.69) is 25.6 Å². The minimum Gasteiger partial charge on any atom is -0.198 e. The molecule has 0 aromatic heterocycles. The van der Waals surface area contributed by atoms with E-state index >= 15 is 0 Å². The number of nitriles is 1. The first-order chi connectivity index (χ1) is 6.31. The van der Waals surface area contributed by atoms with Gasteiger partial charge in [-0.25, -0.2) is 0 Å². The van der Waals surface area contributed by atoms with Gasteiger partial charge in [-0.15, -0.1) is 0 Å². The monoisotopic (exact) mass is 199 g/mol. The lowest BCUT2D eigenvalue weighted by molar-refractivity contribution is 0.592. The Morgan fingerprint density at radius 1 is 1.15 bits per heavy atom. The molecule has 0 radical (unpaired) electrons. The zero-order chi connectivity index (χ0) is 9.94. The first-order valence-corrected chi connectivity index (χ1v) is 5.88. The molecular weight excluding hydrogens is 178 g/mol. The molecule has 0 spiro atoms. The summed E-state index contributed by atoms with van der Waals surface area (Å²) in [6.45, 7) is 2.22. The van der Waals surface area contributed by atoms with Gasteiger partial charge in [0.15, 0.2) is 0 Å². The molecule has 0 N–H and O–H groups in total. The fourth-order valence-corrected chi connectivity index (χ4v) is 1.72. The standard InChI is InChI=1S/C11H21NS/c1-2-3-5-8-11(13)9-6-4-7-10-12/h11,13H,2-9H2,1H3. The summed E-state index contributed by atoms with van der Waals surface area (Å²) in [7, 11) is 0. The summed E-state index contributed by atoms with van der Waals surface area (Å²) in [5.41, 5.74) is 0. The van der Waals surface area contributed by atoms with Crippen molar-refractivity contribution >= 4 is 12.6 Å². The average molecular weight is 199 g/mol. The van der Waals surface area contributed by atoms with Crippen molar-refractivity contribution in [2.75, 3.05) is 0 Å². The van der Waals surface area contributed by atoms with Crippen LogP contribution < -0.4 is 0 Å². The number of nitrogens with zero attached hydrogens (tertiary/aromatic N) is 1. The first-order valence-electron chi connectivity index (χ1n) is 5.36. The molecule has 2 heteroatoms. The predicted octanol–water partition coefficient (Wildman–Crippen LogP) is 3.95. The number of unbranched alkanes of at least 4 members (excludes halogenated alkanes) is 4. The topological polar surface area (TPSA) is 23.8 Å². The van der Waals surface area contributed by atoms with Crippen molar-refractivity contribution in [3.63, 3.8) is 0 Å². The maximum absolute atomic E-state index is 8.34. The molecule has 0 heterocycles. The average Bonchev–Trinajstić information content (AvgIpc) is 2.13. The second-order valence-corrected chi connectivity index (χ2v) is 4.28. The molecule has 1 nitrogen and oxygen atoms in total. The molecule has 0 aliphatic carbocycles. The van der Waals surface area contributed by atoms with Crippen molar-refractivity contribution in [3.05, 3.63) is 0 Å². The molecule has 0 fully saturated rings. The SMILES string of the molecule is CCCCCC(S)CCCCC#N. The zero-order valence-electron chi connectivity index (χ0n) is 8.63. The van der Waals surface area contributed by atoms with Gasteiger partial charge in [0.2, 0.25) is 0 Å². The van der Waals surface area contributed by atoms with E-state index in [1.54, 1.807) is 0 Å². The highest BCUT2D eigenvalue weighted by Gasteiger charge is 2.01. The number of thiol groups is 1. The summed E-state index contributed by atoms with van der Waals surface area (Å²) >= 11 is 4.52. The molecule has 1 unspecified atom stereocenters. The van der Waals surface area contributed by atoms with Crippen LogP contribution in [0.5, 0.6) is 0 Å². The lowest BCUT2D eigenvalue weighted by Crippen LogP contribution is -1.98. The van der Waals surface area contributed by atoms with Gasteiger partial charge in [0.05, 0.1) is 6.07 Å². The van der Waals surface area contributed by atoms with Gasteiger partial charge in [-0.2, -0.15) is 17.9 Å². The molecule has 0 bridgehead atoms. The summed E-state index contributed by atoms with van der Waals surface area (Å²) in [4.78, 5) is 0. The van der Waals surface area contributed by atoms with Crippen LogP contribution in [0, 0.1) is 11.3 Å². The highest BCUT2D eigenvalue weighted by molar-refractivity contribution is 7.80. The molecule has 13 heavy (non-hydrogen) atoms. The van der Waals surface area contributed by atoms with Gasteiger partial charge in [0, 0.05) is 11.7 Å². The van der Waals surface area contributed by atoms with Crippen molar-refractivity contribution in [1.29, 1.82) is 5.26 Å². The quantitative estimate of drug-likeness (QED) is 0.464. The maximum atomic E-state index is 8.34. The number of hydrogen-bond donors (Lipinski definition) is 1. The van der Waals surface area contributed by atoms with Crippen LogP contribution in [-0.4, -0.2) is 5.25 Å². The Morgan fingerprint density at radius 3 is 2.31 bits per heavy atom. The third-order valence-corrected chi connectivity index (χ3v) is 2.73. The molecule has 76 valence electrons. The van der Waals surface area contributed by atoms with Crippen LogP contribution in [0.2, 0.25) is 0 Å². The van der Waals surface area contributed by atoms with Crippen LogP contribution in [0.25, 0.3) is 0 Å². The second kappa shape index (κ2) is 9.92. The molecule has 0 amide bonds. The fourth-order valence-electron chi connectivity index (χ4n) is 1.36. The Balaban J connectivity index is 3.11. The van der Waals surface area contributed by atoms with Crippen LogP contribution in [-0.2, 0) is 0 Å². The smallest absolute Gasteiger partial charge is 0.0621 e. The van der Waals surface area contributed by atoms with Crippen molar-refractivity contribution < 1.29 is 0 Å². The molecule has 1 atom stereocenters. The van der Waals surface area contributed by atoms with E-state index in [-0.39, 0.29) is 0 Å². The van der Waals surface area contributed by atoms with Crippen LogP contribution in [0.4, 0.5) is 0 Å². The molecule has 0 saturated heterocycles. The van der Waals surface area contributed by atoms with Crippen molar-refractivity contribution in [2.45, 2.75) is 63.5 Å². The minimum absolute atomic E-state index is 0.560. The molecule has 0 saturated carbocycles. The van der Waals surface area contributed by atoms with Gasteiger partial charge in [-0.3, -0.25) is 0 Å². The molecule has 0 aromatic carbocycles. The van der Waals surface area contributed by atoms with Gasteiger partial charge in [0.1, 0.15) is 0 Å².